The minimum Gasteiger partial charge on any atom is -0.396 e. The van der Waals surface area contributed by atoms with Crippen LogP contribution in [-0.2, 0) is 7.05 Å². The van der Waals surface area contributed by atoms with Crippen LogP contribution in [0.3, 0.4) is 0 Å². The van der Waals surface area contributed by atoms with E-state index in [0.29, 0.717) is 17.8 Å². The molecule has 0 spiro atoms. The number of amides is 1. The molecule has 6 nitrogen and oxygen atoms in total. The van der Waals surface area contributed by atoms with Gasteiger partial charge < -0.3 is 10.4 Å². The zero-order valence-corrected chi connectivity index (χ0v) is 11.6. The van der Waals surface area contributed by atoms with Crippen molar-refractivity contribution in [2.45, 2.75) is 19.4 Å². The summed E-state index contributed by atoms with van der Waals surface area (Å²) in [7, 11) is 1.81. The number of nitrogens with one attached hydrogen (secondary N) is 1. The van der Waals surface area contributed by atoms with Crippen LogP contribution < -0.4 is 5.32 Å². The Morgan fingerprint density at radius 3 is 2.65 bits per heavy atom. The molecule has 2 N–H and O–H groups in total. The molecule has 0 aliphatic rings. The first-order valence-electron chi connectivity index (χ1n) is 6.48. The Labute approximate surface area is 117 Å². The zero-order valence-electron chi connectivity index (χ0n) is 11.6. The van der Waals surface area contributed by atoms with E-state index in [4.69, 9.17) is 5.11 Å². The first kappa shape index (κ1) is 14.2. The van der Waals surface area contributed by atoms with Gasteiger partial charge in [0.25, 0.3) is 5.91 Å². The molecule has 1 heterocycles. The van der Waals surface area contributed by atoms with Gasteiger partial charge in [-0.25, -0.2) is 4.98 Å². The number of carbonyl (C=O) groups excluding carboxylic acids is 1. The van der Waals surface area contributed by atoms with Crippen LogP contribution in [0.15, 0.2) is 30.6 Å². The van der Waals surface area contributed by atoms with E-state index in [1.54, 1.807) is 30.2 Å². The molecular formula is C14H18N4O2. The van der Waals surface area contributed by atoms with Gasteiger partial charge in [-0.3, -0.25) is 9.48 Å². The van der Waals surface area contributed by atoms with Gasteiger partial charge in [0, 0.05) is 30.8 Å². The highest BCUT2D eigenvalue weighted by Gasteiger charge is 2.10. The quantitative estimate of drug-likeness (QED) is 0.852. The standard InChI is InChI=1S/C14H18N4O2/c1-10(7-8-19)16-14(20)12-5-3-11(4-6-12)13-15-9-18(2)17-13/h3-6,9-10,19H,7-8H2,1-2H3,(H,16,20). The van der Waals surface area contributed by atoms with E-state index in [9.17, 15) is 4.79 Å². The summed E-state index contributed by atoms with van der Waals surface area (Å²) in [5.41, 5.74) is 1.44. The van der Waals surface area contributed by atoms with Crippen LogP contribution >= 0.6 is 0 Å². The largest absolute Gasteiger partial charge is 0.396 e. The van der Waals surface area contributed by atoms with Crippen LogP contribution in [0.1, 0.15) is 23.7 Å². The molecule has 0 saturated heterocycles. The van der Waals surface area contributed by atoms with Crippen molar-refractivity contribution in [3.8, 4) is 11.4 Å². The summed E-state index contributed by atoms with van der Waals surface area (Å²) in [6, 6.07) is 7.08. The second-order valence-electron chi connectivity index (χ2n) is 4.71. The number of carbonyl (C=O) groups is 1. The number of hydrogen-bond acceptors (Lipinski definition) is 4. The van der Waals surface area contributed by atoms with Crippen molar-refractivity contribution in [1.29, 1.82) is 0 Å². The van der Waals surface area contributed by atoms with Crippen LogP contribution in [-0.4, -0.2) is 38.4 Å². The summed E-state index contributed by atoms with van der Waals surface area (Å²) in [5, 5.41) is 15.8. The molecule has 106 valence electrons. The maximum Gasteiger partial charge on any atom is 0.251 e. The second-order valence-corrected chi connectivity index (χ2v) is 4.71. The smallest absolute Gasteiger partial charge is 0.251 e. The van der Waals surface area contributed by atoms with E-state index >= 15 is 0 Å². The fourth-order valence-electron chi connectivity index (χ4n) is 1.82. The van der Waals surface area contributed by atoms with E-state index < -0.39 is 0 Å². The average Bonchev–Trinajstić information content (AvgIpc) is 2.86. The number of rotatable bonds is 5. The van der Waals surface area contributed by atoms with Gasteiger partial charge in [0.05, 0.1) is 0 Å². The zero-order chi connectivity index (χ0) is 14.5. The maximum atomic E-state index is 12.0. The molecule has 0 aliphatic carbocycles. The third-order valence-corrected chi connectivity index (χ3v) is 2.94. The van der Waals surface area contributed by atoms with Gasteiger partial charge in [0.15, 0.2) is 5.82 Å². The van der Waals surface area contributed by atoms with Crippen LogP contribution in [0.4, 0.5) is 0 Å². The van der Waals surface area contributed by atoms with Crippen molar-refractivity contribution in [3.05, 3.63) is 36.2 Å². The number of benzene rings is 1. The highest BCUT2D eigenvalue weighted by Crippen LogP contribution is 2.15. The van der Waals surface area contributed by atoms with E-state index in [1.165, 1.54) is 0 Å². The van der Waals surface area contributed by atoms with E-state index in [-0.39, 0.29) is 18.6 Å². The number of nitrogens with zero attached hydrogens (tertiary/aromatic N) is 3. The summed E-state index contributed by atoms with van der Waals surface area (Å²) in [6.45, 7) is 1.92. The Kier molecular flexibility index (Phi) is 4.47. The monoisotopic (exact) mass is 274 g/mol. The van der Waals surface area contributed by atoms with Gasteiger partial charge in [-0.05, 0) is 25.5 Å². The Morgan fingerprint density at radius 1 is 1.40 bits per heavy atom. The number of aromatic nitrogens is 3. The number of hydrogen-bond donors (Lipinski definition) is 2. The molecule has 0 saturated carbocycles. The van der Waals surface area contributed by atoms with Gasteiger partial charge >= 0.3 is 0 Å². The van der Waals surface area contributed by atoms with Crippen LogP contribution in [0.25, 0.3) is 11.4 Å². The number of aliphatic hydroxyl groups is 1. The summed E-state index contributed by atoms with van der Waals surface area (Å²) >= 11 is 0. The summed E-state index contributed by atoms with van der Waals surface area (Å²) in [4.78, 5) is 16.1. The van der Waals surface area contributed by atoms with Gasteiger partial charge in [0.2, 0.25) is 0 Å². The first-order chi connectivity index (χ1) is 9.60. The minimum absolute atomic E-state index is 0.0513. The van der Waals surface area contributed by atoms with Crippen molar-refractivity contribution in [2.24, 2.45) is 7.05 Å². The van der Waals surface area contributed by atoms with E-state index in [2.05, 4.69) is 15.4 Å². The highest BCUT2D eigenvalue weighted by molar-refractivity contribution is 5.94. The van der Waals surface area contributed by atoms with Crippen LogP contribution in [0, 0.1) is 0 Å². The lowest BCUT2D eigenvalue weighted by Crippen LogP contribution is -2.33. The van der Waals surface area contributed by atoms with Gasteiger partial charge in [-0.15, -0.1) is 0 Å². The topological polar surface area (TPSA) is 80.0 Å². The lowest BCUT2D eigenvalue weighted by atomic mass is 10.1. The molecule has 1 aromatic carbocycles. The van der Waals surface area contributed by atoms with Crippen molar-refractivity contribution in [1.82, 2.24) is 20.1 Å². The van der Waals surface area contributed by atoms with Crippen LogP contribution in [0.2, 0.25) is 0 Å². The summed E-state index contributed by atoms with van der Waals surface area (Å²) in [6.07, 6.45) is 2.17. The molecule has 2 rings (SSSR count). The third kappa shape index (κ3) is 3.42. The molecule has 0 aliphatic heterocycles. The maximum absolute atomic E-state index is 12.0. The molecule has 0 fully saturated rings. The minimum atomic E-state index is -0.147. The molecule has 1 amide bonds. The Morgan fingerprint density at radius 2 is 2.10 bits per heavy atom. The van der Waals surface area contributed by atoms with E-state index in [1.807, 2.05) is 19.1 Å². The molecule has 6 heteroatoms. The predicted octanol–water partition coefficient (Wildman–Crippen LogP) is 0.983. The fraction of sp³-hybridized carbons (Fsp3) is 0.357. The molecule has 20 heavy (non-hydrogen) atoms. The molecular weight excluding hydrogens is 256 g/mol. The summed E-state index contributed by atoms with van der Waals surface area (Å²) in [5.74, 6) is 0.486. The number of aliphatic hydroxyl groups excluding tert-OH is 1. The number of aryl methyl sites for hydroxylation is 1. The van der Waals surface area contributed by atoms with Gasteiger partial charge in [0.1, 0.15) is 6.33 Å². The SMILES string of the molecule is CC(CCO)NC(=O)c1ccc(-c2ncn(C)n2)cc1. The normalized spacial score (nSPS) is 12.2. The van der Waals surface area contributed by atoms with Gasteiger partial charge in [-0.1, -0.05) is 12.1 Å². The predicted molar refractivity (Wildman–Crippen MR) is 75.1 cm³/mol. The molecule has 1 aromatic heterocycles. The molecule has 1 unspecified atom stereocenters. The molecule has 0 radical (unpaired) electrons. The lowest BCUT2D eigenvalue weighted by Gasteiger charge is -2.12. The molecule has 1 atom stereocenters. The first-order valence-corrected chi connectivity index (χ1v) is 6.48. The fourth-order valence-corrected chi connectivity index (χ4v) is 1.82. The Hall–Kier alpha value is -2.21. The second kappa shape index (κ2) is 6.29. The Balaban J connectivity index is 2.06. The van der Waals surface area contributed by atoms with Crippen molar-refractivity contribution >= 4 is 5.91 Å². The summed E-state index contributed by atoms with van der Waals surface area (Å²) < 4.78 is 1.63. The van der Waals surface area contributed by atoms with Crippen molar-refractivity contribution in [3.63, 3.8) is 0 Å². The lowest BCUT2D eigenvalue weighted by molar-refractivity contribution is 0.0934. The van der Waals surface area contributed by atoms with Gasteiger partial charge in [-0.2, -0.15) is 5.10 Å². The van der Waals surface area contributed by atoms with E-state index in [0.717, 1.165) is 5.56 Å². The third-order valence-electron chi connectivity index (χ3n) is 2.94. The highest BCUT2D eigenvalue weighted by atomic mass is 16.3. The van der Waals surface area contributed by atoms with Crippen molar-refractivity contribution in [2.75, 3.05) is 6.61 Å². The molecule has 2 aromatic rings. The Bertz CT molecular complexity index is 577. The average molecular weight is 274 g/mol. The van der Waals surface area contributed by atoms with Crippen LogP contribution in [0.5, 0.6) is 0 Å². The molecule has 0 bridgehead atoms. The van der Waals surface area contributed by atoms with Crippen molar-refractivity contribution < 1.29 is 9.90 Å².